The maximum absolute atomic E-state index is 11.4. The summed E-state index contributed by atoms with van der Waals surface area (Å²) in [6.07, 6.45) is 1.69. The minimum absolute atomic E-state index is 0.0815. The molecule has 0 heterocycles. The van der Waals surface area contributed by atoms with Crippen LogP contribution in [0.25, 0.3) is 0 Å². The Bertz CT molecular complexity index is 459. The van der Waals surface area contributed by atoms with E-state index in [1.54, 1.807) is 6.07 Å². The Labute approximate surface area is 116 Å². The minimum atomic E-state index is -0.824. The predicted octanol–water partition coefficient (Wildman–Crippen LogP) is 4.56. The lowest BCUT2D eigenvalue weighted by atomic mass is 9.79. The average molecular weight is 262 g/mol. The van der Waals surface area contributed by atoms with Crippen LogP contribution in [0.5, 0.6) is 0 Å². The van der Waals surface area contributed by atoms with Crippen molar-refractivity contribution in [3.05, 3.63) is 34.9 Å². The molecule has 2 nitrogen and oxygen atoms in total. The molecule has 1 rings (SSSR count). The normalized spacial score (nSPS) is 12.5. The maximum Gasteiger partial charge on any atom is 0.335 e. The zero-order valence-electron chi connectivity index (χ0n) is 13.0. The van der Waals surface area contributed by atoms with Crippen molar-refractivity contribution in [1.82, 2.24) is 0 Å². The van der Waals surface area contributed by atoms with Gasteiger partial charge >= 0.3 is 5.97 Å². The summed E-state index contributed by atoms with van der Waals surface area (Å²) in [7, 11) is 0. The molecule has 0 unspecified atom stereocenters. The van der Waals surface area contributed by atoms with Gasteiger partial charge in [-0.05, 0) is 40.9 Å². The van der Waals surface area contributed by atoms with E-state index in [1.807, 2.05) is 6.07 Å². The second-order valence-corrected chi connectivity index (χ2v) is 7.72. The molecule has 1 aromatic carbocycles. The summed E-state index contributed by atoms with van der Waals surface area (Å²) in [6, 6.07) is 5.64. The van der Waals surface area contributed by atoms with Crippen molar-refractivity contribution in [3.8, 4) is 0 Å². The Hall–Kier alpha value is -1.31. The van der Waals surface area contributed by atoms with Crippen LogP contribution in [0.3, 0.4) is 0 Å². The van der Waals surface area contributed by atoms with Crippen molar-refractivity contribution in [1.29, 1.82) is 0 Å². The number of carboxylic acids is 1. The van der Waals surface area contributed by atoms with Crippen molar-refractivity contribution in [2.24, 2.45) is 10.8 Å². The average Bonchev–Trinajstić information content (AvgIpc) is 2.15. The first-order valence-electron chi connectivity index (χ1n) is 6.84. The first kappa shape index (κ1) is 15.7. The Morgan fingerprint density at radius 3 is 1.95 bits per heavy atom. The highest BCUT2D eigenvalue weighted by Gasteiger charge is 2.22. The first-order chi connectivity index (χ1) is 8.49. The lowest BCUT2D eigenvalue weighted by Gasteiger charge is -2.25. The standard InChI is InChI=1S/C17H26O2/c1-16(2,3)10-12-8-7-9-13(15(18)19)14(12)11-17(4,5)6/h7-9H,10-11H2,1-6H3,(H,18,19). The molecule has 0 aromatic heterocycles. The molecular formula is C17H26O2. The number of carbonyl (C=O) groups is 1. The predicted molar refractivity (Wildman–Crippen MR) is 79.7 cm³/mol. The SMILES string of the molecule is CC(C)(C)Cc1cccc(C(=O)O)c1CC(C)(C)C. The zero-order chi connectivity index (χ0) is 14.8. The summed E-state index contributed by atoms with van der Waals surface area (Å²) in [5.41, 5.74) is 2.86. The third-order valence-electron chi connectivity index (χ3n) is 2.93. The molecule has 1 N–H and O–H groups in total. The largest absolute Gasteiger partial charge is 0.478 e. The molecule has 0 spiro atoms. The fraction of sp³-hybridized carbons (Fsp3) is 0.588. The third-order valence-corrected chi connectivity index (χ3v) is 2.93. The molecule has 0 aliphatic carbocycles. The van der Waals surface area contributed by atoms with Crippen LogP contribution in [0, 0.1) is 10.8 Å². The van der Waals surface area contributed by atoms with Gasteiger partial charge in [-0.1, -0.05) is 53.7 Å². The van der Waals surface area contributed by atoms with Gasteiger partial charge in [0.2, 0.25) is 0 Å². The lowest BCUT2D eigenvalue weighted by molar-refractivity contribution is 0.0695. The van der Waals surface area contributed by atoms with Crippen LogP contribution in [-0.2, 0) is 12.8 Å². The zero-order valence-corrected chi connectivity index (χ0v) is 13.0. The molecule has 0 amide bonds. The van der Waals surface area contributed by atoms with E-state index in [9.17, 15) is 9.90 Å². The van der Waals surface area contributed by atoms with Gasteiger partial charge in [0.1, 0.15) is 0 Å². The fourth-order valence-electron chi connectivity index (χ4n) is 2.31. The van der Waals surface area contributed by atoms with Crippen molar-refractivity contribution in [3.63, 3.8) is 0 Å². The van der Waals surface area contributed by atoms with E-state index in [-0.39, 0.29) is 10.8 Å². The number of carboxylic acid groups (broad SMARTS) is 1. The van der Waals surface area contributed by atoms with Gasteiger partial charge in [-0.15, -0.1) is 0 Å². The molecule has 0 aliphatic heterocycles. The molecule has 1 aromatic rings. The fourth-order valence-corrected chi connectivity index (χ4v) is 2.31. The second kappa shape index (κ2) is 5.36. The van der Waals surface area contributed by atoms with E-state index < -0.39 is 5.97 Å². The van der Waals surface area contributed by atoms with Gasteiger partial charge in [0.05, 0.1) is 5.56 Å². The highest BCUT2D eigenvalue weighted by molar-refractivity contribution is 5.89. The summed E-state index contributed by atoms with van der Waals surface area (Å²) < 4.78 is 0. The topological polar surface area (TPSA) is 37.3 Å². The van der Waals surface area contributed by atoms with Crippen LogP contribution in [-0.4, -0.2) is 11.1 Å². The van der Waals surface area contributed by atoms with E-state index in [0.29, 0.717) is 5.56 Å². The molecule has 2 heteroatoms. The highest BCUT2D eigenvalue weighted by atomic mass is 16.4. The van der Waals surface area contributed by atoms with E-state index in [1.165, 1.54) is 5.56 Å². The molecule has 0 saturated heterocycles. The van der Waals surface area contributed by atoms with Crippen LogP contribution in [0.2, 0.25) is 0 Å². The molecule has 0 bridgehead atoms. The molecule has 0 atom stereocenters. The van der Waals surface area contributed by atoms with Gasteiger partial charge < -0.3 is 5.11 Å². The first-order valence-corrected chi connectivity index (χ1v) is 6.84. The second-order valence-electron chi connectivity index (χ2n) is 7.72. The van der Waals surface area contributed by atoms with E-state index in [0.717, 1.165) is 18.4 Å². The van der Waals surface area contributed by atoms with Crippen molar-refractivity contribution in [2.75, 3.05) is 0 Å². The summed E-state index contributed by atoms with van der Waals surface area (Å²) in [5.74, 6) is -0.824. The molecule has 0 fully saturated rings. The molecule has 19 heavy (non-hydrogen) atoms. The quantitative estimate of drug-likeness (QED) is 0.867. The molecular weight excluding hydrogens is 236 g/mol. The molecule has 0 aliphatic rings. The van der Waals surface area contributed by atoms with Gasteiger partial charge in [0.15, 0.2) is 0 Å². The van der Waals surface area contributed by atoms with Gasteiger partial charge in [-0.2, -0.15) is 0 Å². The van der Waals surface area contributed by atoms with Gasteiger partial charge in [-0.3, -0.25) is 0 Å². The van der Waals surface area contributed by atoms with Crippen LogP contribution >= 0.6 is 0 Å². The van der Waals surface area contributed by atoms with Crippen LogP contribution in [0.4, 0.5) is 0 Å². The maximum atomic E-state index is 11.4. The highest BCUT2D eigenvalue weighted by Crippen LogP contribution is 2.30. The number of rotatable bonds is 3. The van der Waals surface area contributed by atoms with Gasteiger partial charge in [-0.25, -0.2) is 4.79 Å². The molecule has 106 valence electrons. The van der Waals surface area contributed by atoms with Crippen LogP contribution in [0.15, 0.2) is 18.2 Å². The molecule has 0 saturated carbocycles. The van der Waals surface area contributed by atoms with Crippen molar-refractivity contribution >= 4 is 5.97 Å². The Morgan fingerprint density at radius 1 is 1.00 bits per heavy atom. The Morgan fingerprint density at radius 2 is 1.53 bits per heavy atom. The smallest absolute Gasteiger partial charge is 0.335 e. The van der Waals surface area contributed by atoms with Crippen molar-refractivity contribution in [2.45, 2.75) is 54.4 Å². The van der Waals surface area contributed by atoms with Gasteiger partial charge in [0, 0.05) is 0 Å². The van der Waals surface area contributed by atoms with E-state index in [4.69, 9.17) is 0 Å². The number of aromatic carboxylic acids is 1. The summed E-state index contributed by atoms with van der Waals surface area (Å²) in [5, 5.41) is 9.39. The number of hydrogen-bond donors (Lipinski definition) is 1. The monoisotopic (exact) mass is 262 g/mol. The molecule has 0 radical (unpaired) electrons. The third kappa shape index (κ3) is 5.06. The van der Waals surface area contributed by atoms with E-state index >= 15 is 0 Å². The van der Waals surface area contributed by atoms with Crippen LogP contribution in [0.1, 0.15) is 63.0 Å². The van der Waals surface area contributed by atoms with Crippen LogP contribution < -0.4 is 0 Å². The number of hydrogen-bond acceptors (Lipinski definition) is 1. The summed E-state index contributed by atoms with van der Waals surface area (Å²) in [4.78, 5) is 11.4. The van der Waals surface area contributed by atoms with Crippen molar-refractivity contribution < 1.29 is 9.90 Å². The Balaban J connectivity index is 3.30. The van der Waals surface area contributed by atoms with E-state index in [2.05, 4.69) is 47.6 Å². The summed E-state index contributed by atoms with van der Waals surface area (Å²) >= 11 is 0. The minimum Gasteiger partial charge on any atom is -0.478 e. The Kier molecular flexibility index (Phi) is 4.44. The lowest BCUT2D eigenvalue weighted by Crippen LogP contribution is -2.18. The number of benzene rings is 1. The summed E-state index contributed by atoms with van der Waals surface area (Å²) in [6.45, 7) is 13.0. The van der Waals surface area contributed by atoms with Gasteiger partial charge in [0.25, 0.3) is 0 Å².